The number of nitriles is 1. The van der Waals surface area contributed by atoms with Gasteiger partial charge in [-0.2, -0.15) is 10.4 Å². The van der Waals surface area contributed by atoms with Gasteiger partial charge in [-0.05, 0) is 31.9 Å². The van der Waals surface area contributed by atoms with E-state index in [1.54, 1.807) is 50.8 Å². The number of rotatable bonds is 4. The van der Waals surface area contributed by atoms with E-state index in [1.165, 1.54) is 0 Å². The van der Waals surface area contributed by atoms with Gasteiger partial charge in [0.15, 0.2) is 11.5 Å². The highest BCUT2D eigenvalue weighted by Gasteiger charge is 2.28. The minimum atomic E-state index is -0.298. The highest BCUT2D eigenvalue weighted by Crippen LogP contribution is 2.27. The van der Waals surface area contributed by atoms with Gasteiger partial charge < -0.3 is 14.4 Å². The average molecular weight is 483 g/mol. The molecule has 0 radical (unpaired) electrons. The van der Waals surface area contributed by atoms with Crippen molar-refractivity contribution < 1.29 is 9.32 Å². The van der Waals surface area contributed by atoms with Crippen molar-refractivity contribution in [3.05, 3.63) is 64.3 Å². The van der Waals surface area contributed by atoms with E-state index in [0.717, 1.165) is 18.5 Å². The maximum Gasteiger partial charge on any atom is 0.328 e. The first kappa shape index (κ1) is 21.7. The summed E-state index contributed by atoms with van der Waals surface area (Å²) in [5.41, 5.74) is 3.24. The molecule has 0 bridgehead atoms. The maximum atomic E-state index is 13.0. The normalized spacial score (nSPS) is 16.0. The summed E-state index contributed by atoms with van der Waals surface area (Å²) in [7, 11) is 0. The molecule has 0 saturated carbocycles. The third-order valence-corrected chi connectivity index (χ3v) is 6.47. The minimum Gasteiger partial charge on any atom is -0.361 e. The molecule has 5 aromatic heterocycles. The van der Waals surface area contributed by atoms with Crippen LogP contribution < -0.4 is 5.69 Å². The molecule has 12 heteroatoms. The van der Waals surface area contributed by atoms with Crippen LogP contribution in [0.3, 0.4) is 0 Å². The molecule has 6 heterocycles. The van der Waals surface area contributed by atoms with Gasteiger partial charge in [0.25, 0.3) is 0 Å². The molecule has 180 valence electrons. The van der Waals surface area contributed by atoms with E-state index >= 15 is 0 Å². The topological polar surface area (TPSA) is 151 Å². The predicted molar refractivity (Wildman–Crippen MR) is 127 cm³/mol. The maximum absolute atomic E-state index is 13.0. The summed E-state index contributed by atoms with van der Waals surface area (Å²) in [6.07, 6.45) is 6.54. The number of fused-ring (bicyclic) bond motifs is 2. The molecule has 1 fully saturated rings. The molecular formula is C24H21N9O3. The van der Waals surface area contributed by atoms with Gasteiger partial charge in [-0.3, -0.25) is 9.36 Å². The van der Waals surface area contributed by atoms with Gasteiger partial charge in [-0.1, -0.05) is 5.16 Å². The van der Waals surface area contributed by atoms with E-state index in [4.69, 9.17) is 9.51 Å². The van der Waals surface area contributed by atoms with Gasteiger partial charge in [0.2, 0.25) is 5.91 Å². The SMILES string of the molecule is Cc1cc(CC(=O)N2CCCC(n3c(=O)[nH]c4cnc(-c5cnn6ccc(C#N)cc56)nc43)C2)on1. The zero-order valence-corrected chi connectivity index (χ0v) is 19.4. The largest absolute Gasteiger partial charge is 0.361 e. The van der Waals surface area contributed by atoms with Crippen molar-refractivity contribution >= 4 is 22.6 Å². The standard InChI is InChI=1S/C24H21N9O3/c1-14-7-17(36-30-14)9-21(34)31-5-2-3-16(13-31)33-23-19(28-24(33)35)12-26-22(29-23)18-11-27-32-6-4-15(10-25)8-20(18)32/h4,6-8,11-12,16H,2-3,5,9,13H2,1H3,(H,28,35). The molecule has 6 rings (SSSR count). The van der Waals surface area contributed by atoms with Gasteiger partial charge >= 0.3 is 5.69 Å². The van der Waals surface area contributed by atoms with Crippen LogP contribution in [0.25, 0.3) is 28.1 Å². The van der Waals surface area contributed by atoms with Crippen molar-refractivity contribution in [1.29, 1.82) is 5.26 Å². The summed E-state index contributed by atoms with van der Waals surface area (Å²) in [5, 5.41) is 17.4. The molecule has 12 nitrogen and oxygen atoms in total. The number of aromatic amines is 1. The smallest absolute Gasteiger partial charge is 0.328 e. The van der Waals surface area contributed by atoms with Crippen molar-refractivity contribution in [1.82, 2.24) is 39.2 Å². The third-order valence-electron chi connectivity index (χ3n) is 6.47. The Morgan fingerprint density at radius 2 is 2.22 bits per heavy atom. The van der Waals surface area contributed by atoms with E-state index in [2.05, 4.69) is 26.3 Å². The number of aromatic nitrogens is 7. The van der Waals surface area contributed by atoms with E-state index in [9.17, 15) is 14.9 Å². The van der Waals surface area contributed by atoms with Crippen LogP contribution in [0.5, 0.6) is 0 Å². The lowest BCUT2D eigenvalue weighted by Gasteiger charge is -2.33. The molecule has 0 aliphatic carbocycles. The van der Waals surface area contributed by atoms with E-state index in [-0.39, 0.29) is 24.1 Å². The molecule has 1 unspecified atom stereocenters. The van der Waals surface area contributed by atoms with Crippen LogP contribution >= 0.6 is 0 Å². The molecule has 36 heavy (non-hydrogen) atoms. The molecule has 5 aromatic rings. The number of hydrogen-bond acceptors (Lipinski definition) is 8. The molecule has 1 amide bonds. The first-order valence-corrected chi connectivity index (χ1v) is 11.6. The molecule has 0 spiro atoms. The van der Waals surface area contributed by atoms with E-state index in [0.29, 0.717) is 52.5 Å². The summed E-state index contributed by atoms with van der Waals surface area (Å²) in [5.74, 6) is 0.845. The van der Waals surface area contributed by atoms with Crippen LogP contribution in [0.2, 0.25) is 0 Å². The number of imidazole rings is 1. The Balaban J connectivity index is 1.34. The molecular weight excluding hydrogens is 462 g/mol. The van der Waals surface area contributed by atoms with Crippen LogP contribution in [-0.2, 0) is 11.2 Å². The van der Waals surface area contributed by atoms with Crippen LogP contribution in [0.1, 0.15) is 35.9 Å². The monoisotopic (exact) mass is 483 g/mol. The summed E-state index contributed by atoms with van der Waals surface area (Å²) in [6.45, 7) is 2.81. The van der Waals surface area contributed by atoms with Crippen LogP contribution in [-0.4, -0.2) is 58.2 Å². The first-order chi connectivity index (χ1) is 17.5. The Labute approximate surface area is 203 Å². The van der Waals surface area contributed by atoms with Gasteiger partial charge in [-0.25, -0.2) is 19.3 Å². The van der Waals surface area contributed by atoms with Crippen molar-refractivity contribution in [2.75, 3.05) is 13.1 Å². The second-order valence-electron chi connectivity index (χ2n) is 8.89. The average Bonchev–Trinajstić information content (AvgIpc) is 3.59. The highest BCUT2D eigenvalue weighted by atomic mass is 16.5. The summed E-state index contributed by atoms with van der Waals surface area (Å²) >= 11 is 0. The van der Waals surface area contributed by atoms with E-state index in [1.807, 2.05) is 6.92 Å². The van der Waals surface area contributed by atoms with Crippen LogP contribution in [0.4, 0.5) is 0 Å². The summed E-state index contributed by atoms with van der Waals surface area (Å²) in [4.78, 5) is 39.6. The summed E-state index contributed by atoms with van der Waals surface area (Å²) in [6, 6.07) is 7.04. The van der Waals surface area contributed by atoms with Gasteiger partial charge in [0.05, 0.1) is 53.3 Å². The number of pyridine rings is 1. The fourth-order valence-corrected chi connectivity index (χ4v) is 4.76. The zero-order valence-electron chi connectivity index (χ0n) is 19.4. The van der Waals surface area contributed by atoms with Crippen molar-refractivity contribution in [2.24, 2.45) is 0 Å². The number of hydrogen-bond donors (Lipinski definition) is 1. The zero-order chi connectivity index (χ0) is 24.8. The second-order valence-corrected chi connectivity index (χ2v) is 8.89. The van der Waals surface area contributed by atoms with Crippen LogP contribution in [0, 0.1) is 18.3 Å². The number of nitrogens with zero attached hydrogens (tertiary/aromatic N) is 8. The van der Waals surface area contributed by atoms with Gasteiger partial charge in [0, 0.05) is 25.4 Å². The van der Waals surface area contributed by atoms with Crippen molar-refractivity contribution in [2.45, 2.75) is 32.2 Å². The molecule has 0 aromatic carbocycles. The quantitative estimate of drug-likeness (QED) is 0.408. The Bertz CT molecular complexity index is 1720. The Kier molecular flexibility index (Phi) is 5.10. The Morgan fingerprint density at radius 3 is 3.03 bits per heavy atom. The molecule has 1 aliphatic heterocycles. The van der Waals surface area contributed by atoms with Crippen LogP contribution in [0.15, 0.2) is 46.1 Å². The number of piperidine rings is 1. The van der Waals surface area contributed by atoms with Crippen molar-refractivity contribution in [3.8, 4) is 17.5 Å². The van der Waals surface area contributed by atoms with Gasteiger partial charge in [0.1, 0.15) is 11.3 Å². The Hall–Kier alpha value is -4.79. The fraction of sp³-hybridized carbons (Fsp3) is 0.292. The van der Waals surface area contributed by atoms with E-state index < -0.39 is 0 Å². The lowest BCUT2D eigenvalue weighted by atomic mass is 10.0. The predicted octanol–water partition coefficient (Wildman–Crippen LogP) is 2.01. The lowest BCUT2D eigenvalue weighted by molar-refractivity contribution is -0.132. The number of carbonyl (C=O) groups excluding carboxylic acids is 1. The molecule has 1 saturated heterocycles. The van der Waals surface area contributed by atoms with Gasteiger partial charge in [-0.15, -0.1) is 0 Å². The lowest BCUT2D eigenvalue weighted by Crippen LogP contribution is -2.43. The number of H-pyrrole nitrogens is 1. The molecule has 1 atom stereocenters. The fourth-order valence-electron chi connectivity index (χ4n) is 4.76. The number of aryl methyl sites for hydroxylation is 1. The molecule has 1 aliphatic rings. The number of likely N-dealkylation sites (tertiary alicyclic amines) is 1. The number of carbonyl (C=O) groups is 1. The highest BCUT2D eigenvalue weighted by molar-refractivity contribution is 5.80. The third kappa shape index (κ3) is 3.70. The number of amides is 1. The number of nitrogens with one attached hydrogen (secondary N) is 1. The summed E-state index contributed by atoms with van der Waals surface area (Å²) < 4.78 is 8.46. The minimum absolute atomic E-state index is 0.0706. The first-order valence-electron chi connectivity index (χ1n) is 11.6. The molecule has 1 N–H and O–H groups in total. The Morgan fingerprint density at radius 1 is 1.33 bits per heavy atom. The second kappa shape index (κ2) is 8.46. The van der Waals surface area contributed by atoms with Crippen molar-refractivity contribution in [3.63, 3.8) is 0 Å².